The third kappa shape index (κ3) is 1.99. The van der Waals surface area contributed by atoms with Crippen molar-refractivity contribution in [2.75, 3.05) is 5.73 Å². The van der Waals surface area contributed by atoms with Crippen LogP contribution in [0.5, 0.6) is 11.6 Å². The summed E-state index contributed by atoms with van der Waals surface area (Å²) in [5.41, 5.74) is 6.75. The Morgan fingerprint density at radius 3 is 3.00 bits per heavy atom. The van der Waals surface area contributed by atoms with Gasteiger partial charge < -0.3 is 15.5 Å². The molecule has 94 valence electrons. The number of nitrogen functional groups attached to an aromatic ring is 1. The van der Waals surface area contributed by atoms with Gasteiger partial charge in [-0.15, -0.1) is 0 Å². The molecule has 0 aliphatic carbocycles. The van der Waals surface area contributed by atoms with Crippen molar-refractivity contribution in [1.29, 1.82) is 0 Å². The van der Waals surface area contributed by atoms with E-state index in [-0.39, 0.29) is 17.3 Å². The van der Waals surface area contributed by atoms with E-state index >= 15 is 0 Å². The lowest BCUT2D eigenvalue weighted by Crippen LogP contribution is -2.01. The molecule has 3 aromatic rings. The van der Waals surface area contributed by atoms with Crippen LogP contribution in [0.2, 0.25) is 0 Å². The Labute approximate surface area is 108 Å². The number of nitrogens with two attached hydrogens (primary N) is 1. The number of aromatic amines is 1. The van der Waals surface area contributed by atoms with E-state index in [9.17, 15) is 4.79 Å². The average Bonchev–Trinajstić information content (AvgIpc) is 2.86. The zero-order chi connectivity index (χ0) is 13.2. The monoisotopic (exact) mass is 254 g/mol. The van der Waals surface area contributed by atoms with Gasteiger partial charge in [0, 0.05) is 17.1 Å². The first kappa shape index (κ1) is 11.2. The van der Waals surface area contributed by atoms with E-state index in [2.05, 4.69) is 15.0 Å². The number of aromatic nitrogens is 3. The van der Waals surface area contributed by atoms with Crippen molar-refractivity contribution in [3.05, 3.63) is 42.4 Å². The molecule has 6 nitrogen and oxygen atoms in total. The average molecular weight is 254 g/mol. The summed E-state index contributed by atoms with van der Waals surface area (Å²) in [6, 6.07) is 7.44. The van der Waals surface area contributed by atoms with Crippen LogP contribution in [-0.4, -0.2) is 21.2 Å². The fraction of sp³-hybridized carbons (Fsp3) is 0. The summed E-state index contributed by atoms with van der Waals surface area (Å²) in [6.45, 7) is 0. The Morgan fingerprint density at radius 2 is 2.16 bits per heavy atom. The Balaban J connectivity index is 2.00. The first-order chi connectivity index (χ1) is 9.28. The zero-order valence-corrected chi connectivity index (χ0v) is 9.83. The number of nitrogens with one attached hydrogen (secondary N) is 1. The Morgan fingerprint density at radius 1 is 1.26 bits per heavy atom. The number of H-pyrrole nitrogens is 1. The summed E-state index contributed by atoms with van der Waals surface area (Å²) >= 11 is 0. The standard InChI is InChI=1S/C13H10N4O2/c14-12-10(6-18)13(17-7-16-12)19-9-1-2-11-8(5-9)3-4-15-11/h1-7,15H,(H2,14,16,17). The summed E-state index contributed by atoms with van der Waals surface area (Å²) in [6.07, 6.45) is 3.68. The van der Waals surface area contributed by atoms with E-state index in [0.717, 1.165) is 10.9 Å². The topological polar surface area (TPSA) is 93.9 Å². The largest absolute Gasteiger partial charge is 0.438 e. The van der Waals surface area contributed by atoms with E-state index in [1.165, 1.54) is 6.33 Å². The number of carbonyl (C=O) groups excluding carboxylic acids is 1. The van der Waals surface area contributed by atoms with Gasteiger partial charge in [0.15, 0.2) is 6.29 Å². The first-order valence-electron chi connectivity index (χ1n) is 5.58. The zero-order valence-electron chi connectivity index (χ0n) is 9.83. The normalized spacial score (nSPS) is 10.5. The minimum Gasteiger partial charge on any atom is -0.438 e. The maximum Gasteiger partial charge on any atom is 0.235 e. The molecule has 2 aromatic heterocycles. The number of fused-ring (bicyclic) bond motifs is 1. The van der Waals surface area contributed by atoms with Crippen molar-refractivity contribution in [2.45, 2.75) is 0 Å². The number of nitrogens with zero attached hydrogens (tertiary/aromatic N) is 2. The van der Waals surface area contributed by atoms with Crippen LogP contribution in [0.15, 0.2) is 36.8 Å². The number of hydrogen-bond acceptors (Lipinski definition) is 5. The Bertz CT molecular complexity index is 751. The maximum absolute atomic E-state index is 11.0. The number of rotatable bonds is 3. The molecule has 0 fully saturated rings. The van der Waals surface area contributed by atoms with E-state index in [0.29, 0.717) is 12.0 Å². The Hall–Kier alpha value is -2.89. The molecule has 0 unspecified atom stereocenters. The molecule has 0 saturated carbocycles. The van der Waals surface area contributed by atoms with Crippen molar-refractivity contribution in [3.8, 4) is 11.6 Å². The van der Waals surface area contributed by atoms with Gasteiger partial charge in [0.2, 0.25) is 5.88 Å². The fourth-order valence-corrected chi connectivity index (χ4v) is 1.79. The van der Waals surface area contributed by atoms with E-state index in [4.69, 9.17) is 10.5 Å². The summed E-state index contributed by atoms with van der Waals surface area (Å²) in [5.74, 6) is 0.827. The van der Waals surface area contributed by atoms with Crippen molar-refractivity contribution >= 4 is 23.0 Å². The third-order valence-electron chi connectivity index (χ3n) is 2.74. The van der Waals surface area contributed by atoms with Gasteiger partial charge in [-0.3, -0.25) is 4.79 Å². The lowest BCUT2D eigenvalue weighted by molar-refractivity contribution is 0.112. The van der Waals surface area contributed by atoms with E-state index in [1.54, 1.807) is 6.07 Å². The van der Waals surface area contributed by atoms with Gasteiger partial charge in [0.25, 0.3) is 0 Å². The van der Waals surface area contributed by atoms with Crippen LogP contribution in [0.4, 0.5) is 5.82 Å². The van der Waals surface area contributed by atoms with Crippen LogP contribution in [0, 0.1) is 0 Å². The summed E-state index contributed by atoms with van der Waals surface area (Å²) < 4.78 is 5.58. The molecule has 0 radical (unpaired) electrons. The highest BCUT2D eigenvalue weighted by atomic mass is 16.5. The number of ether oxygens (including phenoxy) is 1. The van der Waals surface area contributed by atoms with Crippen LogP contribution >= 0.6 is 0 Å². The van der Waals surface area contributed by atoms with Crippen molar-refractivity contribution in [1.82, 2.24) is 15.0 Å². The summed E-state index contributed by atoms with van der Waals surface area (Å²) in [7, 11) is 0. The summed E-state index contributed by atoms with van der Waals surface area (Å²) in [4.78, 5) is 21.7. The predicted molar refractivity (Wildman–Crippen MR) is 70.2 cm³/mol. The first-order valence-corrected chi connectivity index (χ1v) is 5.58. The molecule has 3 rings (SSSR count). The van der Waals surface area contributed by atoms with Crippen LogP contribution in [0.1, 0.15) is 10.4 Å². The highest BCUT2D eigenvalue weighted by Gasteiger charge is 2.10. The number of anilines is 1. The number of carbonyl (C=O) groups is 1. The van der Waals surface area contributed by atoms with Crippen LogP contribution in [0.25, 0.3) is 10.9 Å². The molecule has 2 heterocycles. The minimum absolute atomic E-state index is 0.0997. The molecule has 0 aliphatic heterocycles. The van der Waals surface area contributed by atoms with Crippen LogP contribution < -0.4 is 10.5 Å². The van der Waals surface area contributed by atoms with Gasteiger partial charge in [-0.05, 0) is 24.3 Å². The second kappa shape index (κ2) is 4.41. The van der Waals surface area contributed by atoms with Gasteiger partial charge in [-0.2, -0.15) is 0 Å². The molecule has 0 atom stereocenters. The van der Waals surface area contributed by atoms with Crippen molar-refractivity contribution in [3.63, 3.8) is 0 Å². The molecular weight excluding hydrogens is 244 g/mol. The second-order valence-electron chi connectivity index (χ2n) is 3.92. The molecule has 3 N–H and O–H groups in total. The Kier molecular flexibility index (Phi) is 2.60. The molecule has 0 spiro atoms. The minimum atomic E-state index is 0.0997. The van der Waals surface area contributed by atoms with Gasteiger partial charge >= 0.3 is 0 Å². The second-order valence-corrected chi connectivity index (χ2v) is 3.92. The van der Waals surface area contributed by atoms with Gasteiger partial charge in [0.1, 0.15) is 23.5 Å². The maximum atomic E-state index is 11.0. The fourth-order valence-electron chi connectivity index (χ4n) is 1.79. The molecule has 1 aromatic carbocycles. The number of benzene rings is 1. The van der Waals surface area contributed by atoms with E-state index < -0.39 is 0 Å². The number of aldehydes is 1. The lowest BCUT2D eigenvalue weighted by atomic mass is 10.2. The van der Waals surface area contributed by atoms with Crippen molar-refractivity contribution in [2.24, 2.45) is 0 Å². The summed E-state index contributed by atoms with van der Waals surface area (Å²) in [5, 5.41) is 1.01. The molecule has 0 amide bonds. The third-order valence-corrected chi connectivity index (χ3v) is 2.74. The number of hydrogen-bond donors (Lipinski definition) is 2. The van der Waals surface area contributed by atoms with E-state index in [1.807, 2.05) is 24.4 Å². The van der Waals surface area contributed by atoms with Gasteiger partial charge in [0.05, 0.1) is 0 Å². The van der Waals surface area contributed by atoms with Crippen LogP contribution in [-0.2, 0) is 0 Å². The quantitative estimate of drug-likeness (QED) is 0.698. The molecule has 0 bridgehead atoms. The predicted octanol–water partition coefficient (Wildman–Crippen LogP) is 2.14. The molecule has 6 heteroatoms. The van der Waals surface area contributed by atoms with Crippen LogP contribution in [0.3, 0.4) is 0 Å². The molecular formula is C13H10N4O2. The van der Waals surface area contributed by atoms with Gasteiger partial charge in [-0.25, -0.2) is 9.97 Å². The smallest absolute Gasteiger partial charge is 0.235 e. The van der Waals surface area contributed by atoms with Gasteiger partial charge in [-0.1, -0.05) is 0 Å². The lowest BCUT2D eigenvalue weighted by Gasteiger charge is -2.07. The highest BCUT2D eigenvalue weighted by molar-refractivity contribution is 5.85. The molecule has 19 heavy (non-hydrogen) atoms. The van der Waals surface area contributed by atoms with Crippen molar-refractivity contribution < 1.29 is 9.53 Å². The highest BCUT2D eigenvalue weighted by Crippen LogP contribution is 2.26. The SMILES string of the molecule is Nc1ncnc(Oc2ccc3[nH]ccc3c2)c1C=O. The molecule has 0 aliphatic rings. The molecule has 0 saturated heterocycles.